The Balaban J connectivity index is 3.41. The molecular weight excluding hydrogens is 355 g/mol. The second kappa shape index (κ2) is 9.13. The summed E-state index contributed by atoms with van der Waals surface area (Å²) in [7, 11) is 0. The predicted octanol–water partition coefficient (Wildman–Crippen LogP) is -1.50. The molecule has 0 saturated heterocycles. The van der Waals surface area contributed by atoms with Gasteiger partial charge in [-0.3, -0.25) is 0 Å². The Morgan fingerprint density at radius 1 is 1.11 bits per heavy atom. The standard InChI is InChI=1S/C14H32IN2O2/c1-14(2,3)8-12-19-11-7-13(18)16-9-10-17-15(4,5)6/h17H,7-12H2,1-6H3,(H,16,18)/q-1. The van der Waals surface area contributed by atoms with Gasteiger partial charge in [-0.05, 0) is 0 Å². The second-order valence-corrected chi connectivity index (χ2v) is 17.1. The van der Waals surface area contributed by atoms with Gasteiger partial charge >= 0.3 is 123 Å². The third-order valence-corrected chi connectivity index (χ3v) is 5.24. The molecule has 0 saturated carbocycles. The molecule has 0 radical (unpaired) electrons. The summed E-state index contributed by atoms with van der Waals surface area (Å²) in [5.74, 6) is 0.0815. The maximum atomic E-state index is 11.5. The Morgan fingerprint density at radius 2 is 1.74 bits per heavy atom. The van der Waals surface area contributed by atoms with Gasteiger partial charge in [-0.25, -0.2) is 0 Å². The zero-order valence-corrected chi connectivity index (χ0v) is 15.6. The average Bonchev–Trinajstić information content (AvgIpc) is 2.21. The van der Waals surface area contributed by atoms with Crippen molar-refractivity contribution in [3.8, 4) is 0 Å². The van der Waals surface area contributed by atoms with E-state index in [0.717, 1.165) is 19.6 Å². The molecule has 0 aliphatic heterocycles. The van der Waals surface area contributed by atoms with Crippen LogP contribution in [0.3, 0.4) is 0 Å². The first kappa shape index (κ1) is 19.1. The van der Waals surface area contributed by atoms with E-state index >= 15 is 0 Å². The van der Waals surface area contributed by atoms with Gasteiger partial charge in [-0.1, -0.05) is 0 Å². The summed E-state index contributed by atoms with van der Waals surface area (Å²) >= 11 is -1.60. The van der Waals surface area contributed by atoms with Crippen molar-refractivity contribution in [2.75, 3.05) is 41.1 Å². The fraction of sp³-hybridized carbons (Fsp3) is 0.929. The zero-order valence-electron chi connectivity index (χ0n) is 13.4. The normalized spacial score (nSPS) is 13.4. The third kappa shape index (κ3) is 16.1. The van der Waals surface area contributed by atoms with E-state index in [4.69, 9.17) is 4.74 Å². The number of hydrogen-bond donors (Lipinski definition) is 2. The Hall–Kier alpha value is 0.120. The molecule has 0 fully saturated rings. The van der Waals surface area contributed by atoms with Gasteiger partial charge in [0.05, 0.1) is 0 Å². The number of halogens is 1. The van der Waals surface area contributed by atoms with E-state index < -0.39 is 18.7 Å². The maximum absolute atomic E-state index is 11.5. The number of rotatable bonds is 9. The van der Waals surface area contributed by atoms with Crippen molar-refractivity contribution >= 4 is 5.91 Å². The number of hydrogen-bond acceptors (Lipinski definition) is 3. The van der Waals surface area contributed by atoms with Gasteiger partial charge in [0, 0.05) is 0 Å². The van der Waals surface area contributed by atoms with Gasteiger partial charge in [0.25, 0.3) is 0 Å². The Morgan fingerprint density at radius 3 is 2.26 bits per heavy atom. The Labute approximate surface area is 123 Å². The molecule has 5 heteroatoms. The van der Waals surface area contributed by atoms with Crippen molar-refractivity contribution in [2.45, 2.75) is 33.6 Å². The van der Waals surface area contributed by atoms with Crippen LogP contribution >= 0.6 is 0 Å². The summed E-state index contributed by atoms with van der Waals surface area (Å²) in [4.78, 5) is 18.4. The molecule has 0 aromatic rings. The molecule has 0 aromatic heterocycles. The molecular formula is C14H32IN2O2-. The van der Waals surface area contributed by atoms with Crippen molar-refractivity contribution in [1.29, 1.82) is 0 Å². The molecule has 4 nitrogen and oxygen atoms in total. The predicted molar refractivity (Wildman–Crippen MR) is 78.3 cm³/mol. The van der Waals surface area contributed by atoms with Crippen LogP contribution < -0.4 is 27.6 Å². The van der Waals surface area contributed by atoms with Crippen molar-refractivity contribution < 1.29 is 28.2 Å². The molecule has 0 spiro atoms. The van der Waals surface area contributed by atoms with Crippen molar-refractivity contribution in [3.05, 3.63) is 0 Å². The summed E-state index contributed by atoms with van der Waals surface area (Å²) in [5.41, 5.74) is 0.298. The van der Waals surface area contributed by atoms with E-state index in [1.165, 1.54) is 0 Å². The molecule has 2 N–H and O–H groups in total. The monoisotopic (exact) mass is 387 g/mol. The first-order chi connectivity index (χ1) is 8.60. The van der Waals surface area contributed by atoms with E-state index in [9.17, 15) is 4.79 Å². The van der Waals surface area contributed by atoms with Crippen molar-refractivity contribution in [2.24, 2.45) is 5.41 Å². The third-order valence-electron chi connectivity index (χ3n) is 2.41. The molecule has 0 heterocycles. The summed E-state index contributed by atoms with van der Waals surface area (Å²) in [6.07, 6.45) is 1.48. The van der Waals surface area contributed by atoms with Crippen LogP contribution in [0, 0.1) is 5.41 Å². The van der Waals surface area contributed by atoms with Gasteiger partial charge < -0.3 is 0 Å². The zero-order chi connectivity index (χ0) is 14.9. The van der Waals surface area contributed by atoms with Gasteiger partial charge in [0.2, 0.25) is 0 Å². The number of amides is 1. The van der Waals surface area contributed by atoms with Crippen LogP contribution in [0.4, 0.5) is 0 Å². The second-order valence-electron chi connectivity index (χ2n) is 6.61. The van der Waals surface area contributed by atoms with Gasteiger partial charge in [-0.15, -0.1) is 0 Å². The number of alkyl halides is 3. The van der Waals surface area contributed by atoms with Crippen LogP contribution in [0.1, 0.15) is 33.6 Å². The van der Waals surface area contributed by atoms with Gasteiger partial charge in [0.15, 0.2) is 0 Å². The van der Waals surface area contributed by atoms with Crippen molar-refractivity contribution in [3.63, 3.8) is 0 Å². The minimum atomic E-state index is -1.60. The fourth-order valence-electron chi connectivity index (χ4n) is 1.27. The molecule has 0 aliphatic carbocycles. The molecule has 19 heavy (non-hydrogen) atoms. The van der Waals surface area contributed by atoms with E-state index in [2.05, 4.69) is 44.4 Å². The number of ether oxygens (including phenoxy) is 1. The molecule has 0 aromatic carbocycles. The van der Waals surface area contributed by atoms with Gasteiger partial charge in [-0.2, -0.15) is 0 Å². The Bertz CT molecular complexity index is 257. The molecule has 0 aliphatic rings. The summed E-state index contributed by atoms with van der Waals surface area (Å²) in [5, 5.41) is 2.91. The van der Waals surface area contributed by atoms with Crippen molar-refractivity contribution in [1.82, 2.24) is 8.85 Å². The first-order valence-corrected chi connectivity index (χ1v) is 14.3. The number of carbonyl (C=O) groups excluding carboxylic acids is 1. The van der Waals surface area contributed by atoms with E-state index in [-0.39, 0.29) is 5.91 Å². The number of carbonyl (C=O) groups is 1. The van der Waals surface area contributed by atoms with E-state index in [1.54, 1.807) is 0 Å². The molecule has 0 bridgehead atoms. The Kier molecular flexibility index (Phi) is 9.19. The summed E-state index contributed by atoms with van der Waals surface area (Å²) < 4.78 is 8.98. The molecule has 0 unspecified atom stereocenters. The minimum absolute atomic E-state index is 0.0815. The molecule has 0 rings (SSSR count). The SMILES string of the molecule is CC(C)(C)CCOCCC(=O)NCCN[I-](C)(C)C. The quantitative estimate of drug-likeness (QED) is 0.219. The van der Waals surface area contributed by atoms with E-state index in [0.29, 0.717) is 25.0 Å². The summed E-state index contributed by atoms with van der Waals surface area (Å²) in [6, 6.07) is 0. The first-order valence-electron chi connectivity index (χ1n) is 6.77. The molecule has 118 valence electrons. The summed E-state index contributed by atoms with van der Waals surface area (Å²) in [6.45, 7) is 9.40. The fourth-order valence-corrected chi connectivity index (χ4v) is 3.15. The van der Waals surface area contributed by atoms with Crippen LogP contribution in [0.25, 0.3) is 0 Å². The topological polar surface area (TPSA) is 50.4 Å². The number of nitrogens with one attached hydrogen (secondary N) is 2. The van der Waals surface area contributed by atoms with Crippen LogP contribution in [0.2, 0.25) is 0 Å². The van der Waals surface area contributed by atoms with Crippen LogP contribution in [0.5, 0.6) is 0 Å². The van der Waals surface area contributed by atoms with E-state index in [1.807, 2.05) is 0 Å². The van der Waals surface area contributed by atoms with Gasteiger partial charge in [0.1, 0.15) is 0 Å². The van der Waals surface area contributed by atoms with Crippen LogP contribution in [-0.4, -0.2) is 47.0 Å². The average molecular weight is 387 g/mol. The van der Waals surface area contributed by atoms with Crippen LogP contribution in [0.15, 0.2) is 0 Å². The van der Waals surface area contributed by atoms with Crippen LogP contribution in [-0.2, 0) is 9.53 Å². The molecule has 1 amide bonds. The molecule has 0 atom stereocenters.